The Kier molecular flexibility index (Phi) is 4.41. The number of carbonyl (C=O) groups is 1. The van der Waals surface area contributed by atoms with Gasteiger partial charge in [-0.1, -0.05) is 13.3 Å². The van der Waals surface area contributed by atoms with E-state index in [4.69, 9.17) is 5.73 Å². The van der Waals surface area contributed by atoms with Crippen LogP contribution in [0.4, 0.5) is 13.2 Å². The molecule has 17 heavy (non-hydrogen) atoms. The number of halogens is 3. The first-order valence-electron chi connectivity index (χ1n) is 5.79. The number of rotatable bonds is 2. The van der Waals surface area contributed by atoms with Crippen LogP contribution in [0.25, 0.3) is 0 Å². The molecule has 1 aliphatic carbocycles. The van der Waals surface area contributed by atoms with Crippen LogP contribution < -0.4 is 5.73 Å². The molecule has 0 aromatic heterocycles. The van der Waals surface area contributed by atoms with Gasteiger partial charge < -0.3 is 10.6 Å². The van der Waals surface area contributed by atoms with Crippen LogP contribution in [0.2, 0.25) is 0 Å². The largest absolute Gasteiger partial charge is 0.406 e. The van der Waals surface area contributed by atoms with Gasteiger partial charge in [-0.25, -0.2) is 0 Å². The van der Waals surface area contributed by atoms with Crippen molar-refractivity contribution in [3.8, 4) is 0 Å². The molecular formula is C11H19F3N2O. The number of alkyl halides is 3. The molecule has 0 bridgehead atoms. The molecule has 0 spiro atoms. The van der Waals surface area contributed by atoms with Crippen LogP contribution in [0.1, 0.15) is 26.2 Å². The first-order valence-corrected chi connectivity index (χ1v) is 5.79. The molecule has 1 fully saturated rings. The predicted octanol–water partition coefficient (Wildman–Crippen LogP) is 1.77. The minimum absolute atomic E-state index is 0.0573. The number of nitrogens with zero attached hydrogens (tertiary/aromatic N) is 1. The first kappa shape index (κ1) is 14.3. The van der Waals surface area contributed by atoms with Crippen molar-refractivity contribution in [2.24, 2.45) is 17.6 Å². The molecule has 0 aromatic carbocycles. The van der Waals surface area contributed by atoms with Crippen LogP contribution in [0.15, 0.2) is 0 Å². The molecule has 2 N–H and O–H groups in total. The third-order valence-electron chi connectivity index (χ3n) is 3.35. The summed E-state index contributed by atoms with van der Waals surface area (Å²) in [4.78, 5) is 12.7. The number of hydrogen-bond donors (Lipinski definition) is 1. The fourth-order valence-electron chi connectivity index (χ4n) is 2.48. The van der Waals surface area contributed by atoms with Crippen molar-refractivity contribution in [1.29, 1.82) is 0 Å². The fourth-order valence-corrected chi connectivity index (χ4v) is 2.48. The predicted molar refractivity (Wildman–Crippen MR) is 58.2 cm³/mol. The number of carbonyl (C=O) groups excluding carboxylic acids is 1. The van der Waals surface area contributed by atoms with E-state index in [1.165, 1.54) is 7.05 Å². The zero-order valence-electron chi connectivity index (χ0n) is 10.1. The molecule has 3 unspecified atom stereocenters. The molecule has 1 rings (SSSR count). The molecular weight excluding hydrogens is 233 g/mol. The van der Waals surface area contributed by atoms with E-state index in [2.05, 4.69) is 0 Å². The van der Waals surface area contributed by atoms with Crippen LogP contribution in [0.3, 0.4) is 0 Å². The Morgan fingerprint density at radius 2 is 2.00 bits per heavy atom. The molecule has 100 valence electrons. The topological polar surface area (TPSA) is 46.3 Å². The molecule has 3 nitrogen and oxygen atoms in total. The Balaban J connectivity index is 2.67. The van der Waals surface area contributed by atoms with Gasteiger partial charge in [-0.05, 0) is 18.8 Å². The summed E-state index contributed by atoms with van der Waals surface area (Å²) >= 11 is 0. The van der Waals surface area contributed by atoms with E-state index >= 15 is 0 Å². The maximum Gasteiger partial charge on any atom is 0.406 e. The molecule has 0 heterocycles. The van der Waals surface area contributed by atoms with Gasteiger partial charge >= 0.3 is 6.18 Å². The smallest absolute Gasteiger partial charge is 0.336 e. The van der Waals surface area contributed by atoms with Crippen LogP contribution in [0.5, 0.6) is 0 Å². The van der Waals surface area contributed by atoms with Gasteiger partial charge in [-0.2, -0.15) is 13.2 Å². The quantitative estimate of drug-likeness (QED) is 0.814. The van der Waals surface area contributed by atoms with E-state index < -0.39 is 24.5 Å². The number of nitrogens with two attached hydrogens (primary N) is 1. The normalized spacial score (nSPS) is 30.1. The zero-order valence-corrected chi connectivity index (χ0v) is 10.1. The third kappa shape index (κ3) is 3.87. The number of amides is 1. The van der Waals surface area contributed by atoms with Gasteiger partial charge in [-0.3, -0.25) is 4.79 Å². The van der Waals surface area contributed by atoms with Crippen LogP contribution in [0, 0.1) is 11.8 Å². The summed E-state index contributed by atoms with van der Waals surface area (Å²) in [7, 11) is 1.18. The summed E-state index contributed by atoms with van der Waals surface area (Å²) in [5, 5.41) is 0. The Hall–Kier alpha value is -0.780. The van der Waals surface area contributed by atoms with Gasteiger partial charge in [0.05, 0.1) is 5.92 Å². The lowest BCUT2D eigenvalue weighted by Crippen LogP contribution is -2.49. The van der Waals surface area contributed by atoms with E-state index in [1.807, 2.05) is 6.92 Å². The highest BCUT2D eigenvalue weighted by Gasteiger charge is 2.38. The van der Waals surface area contributed by atoms with Gasteiger partial charge in [0.2, 0.25) is 5.91 Å². The second-order valence-electron chi connectivity index (χ2n) is 4.91. The molecule has 0 aliphatic heterocycles. The molecule has 0 saturated heterocycles. The Labute approximate surface area is 99.1 Å². The van der Waals surface area contributed by atoms with Crippen molar-refractivity contribution >= 4 is 5.91 Å². The van der Waals surface area contributed by atoms with Gasteiger partial charge in [0.25, 0.3) is 0 Å². The van der Waals surface area contributed by atoms with Gasteiger partial charge in [0.15, 0.2) is 0 Å². The van der Waals surface area contributed by atoms with Crippen molar-refractivity contribution < 1.29 is 18.0 Å². The van der Waals surface area contributed by atoms with E-state index in [0.717, 1.165) is 17.7 Å². The lowest BCUT2D eigenvalue weighted by molar-refractivity contribution is -0.163. The molecule has 0 aromatic rings. The van der Waals surface area contributed by atoms with Crippen LogP contribution in [-0.2, 0) is 4.79 Å². The van der Waals surface area contributed by atoms with Gasteiger partial charge in [0.1, 0.15) is 6.54 Å². The number of hydrogen-bond acceptors (Lipinski definition) is 2. The summed E-state index contributed by atoms with van der Waals surface area (Å²) in [5.41, 5.74) is 5.84. The van der Waals surface area contributed by atoms with Crippen LogP contribution >= 0.6 is 0 Å². The third-order valence-corrected chi connectivity index (χ3v) is 3.35. The molecule has 0 radical (unpaired) electrons. The van der Waals surface area contributed by atoms with Crippen molar-refractivity contribution in [1.82, 2.24) is 4.90 Å². The lowest BCUT2D eigenvalue weighted by atomic mass is 9.76. The molecule has 1 amide bonds. The van der Waals surface area contributed by atoms with Gasteiger partial charge in [-0.15, -0.1) is 0 Å². The van der Waals surface area contributed by atoms with Gasteiger partial charge in [0, 0.05) is 13.1 Å². The van der Waals surface area contributed by atoms with Crippen molar-refractivity contribution in [2.75, 3.05) is 13.6 Å². The highest BCUT2D eigenvalue weighted by atomic mass is 19.4. The lowest BCUT2D eigenvalue weighted by Gasteiger charge is -2.35. The molecule has 3 atom stereocenters. The summed E-state index contributed by atoms with van der Waals surface area (Å²) in [6.45, 7) is 0.671. The molecule has 1 saturated carbocycles. The monoisotopic (exact) mass is 252 g/mol. The Bertz CT molecular complexity index is 270. The summed E-state index contributed by atoms with van der Waals surface area (Å²) in [6, 6.07) is -0.318. The molecule has 1 aliphatic rings. The Morgan fingerprint density at radius 3 is 2.47 bits per heavy atom. The van der Waals surface area contributed by atoms with Crippen molar-refractivity contribution in [2.45, 2.75) is 38.4 Å². The SMILES string of the molecule is CC1CCCC(N)C1C(=O)N(C)CC(F)(F)F. The second kappa shape index (κ2) is 5.25. The zero-order chi connectivity index (χ0) is 13.2. The average Bonchev–Trinajstić information content (AvgIpc) is 2.14. The molecule has 6 heteroatoms. The minimum atomic E-state index is -4.35. The maximum atomic E-state index is 12.2. The standard InChI is InChI=1S/C11H19F3N2O/c1-7-4-3-5-8(15)9(7)10(17)16(2)6-11(12,13)14/h7-9H,3-6,15H2,1-2H3. The van der Waals surface area contributed by atoms with E-state index in [1.54, 1.807) is 0 Å². The van der Waals surface area contributed by atoms with Crippen molar-refractivity contribution in [3.05, 3.63) is 0 Å². The van der Waals surface area contributed by atoms with Crippen LogP contribution in [-0.4, -0.2) is 36.6 Å². The second-order valence-corrected chi connectivity index (χ2v) is 4.91. The minimum Gasteiger partial charge on any atom is -0.336 e. The fraction of sp³-hybridized carbons (Fsp3) is 0.909. The highest BCUT2D eigenvalue weighted by Crippen LogP contribution is 2.30. The Morgan fingerprint density at radius 1 is 1.41 bits per heavy atom. The summed E-state index contributed by atoms with van der Waals surface area (Å²) in [5.74, 6) is -0.903. The first-order chi connectivity index (χ1) is 7.72. The maximum absolute atomic E-state index is 12.2. The van der Waals surface area contributed by atoms with E-state index in [0.29, 0.717) is 6.42 Å². The van der Waals surface area contributed by atoms with E-state index in [9.17, 15) is 18.0 Å². The van der Waals surface area contributed by atoms with E-state index in [-0.39, 0.29) is 12.0 Å². The summed E-state index contributed by atoms with van der Waals surface area (Å²) < 4.78 is 36.6. The summed E-state index contributed by atoms with van der Waals surface area (Å²) in [6.07, 6.45) is -1.86. The highest BCUT2D eigenvalue weighted by molar-refractivity contribution is 5.79. The average molecular weight is 252 g/mol. The van der Waals surface area contributed by atoms with Crippen molar-refractivity contribution in [3.63, 3.8) is 0 Å².